The molecule has 0 fully saturated rings. The summed E-state index contributed by atoms with van der Waals surface area (Å²) in [7, 11) is 0. The number of aromatic nitrogens is 3. The first-order valence-electron chi connectivity index (χ1n) is 10.3. The van der Waals surface area contributed by atoms with Crippen molar-refractivity contribution in [2.75, 3.05) is 11.1 Å². The van der Waals surface area contributed by atoms with Crippen LogP contribution < -0.4 is 10.6 Å². The molecular weight excluding hydrogens is 456 g/mol. The van der Waals surface area contributed by atoms with Crippen molar-refractivity contribution < 1.29 is 14.5 Å². The van der Waals surface area contributed by atoms with Crippen LogP contribution in [0, 0.1) is 24.0 Å². The van der Waals surface area contributed by atoms with E-state index < -0.39 is 4.92 Å². The molecule has 0 aliphatic rings. The highest BCUT2D eigenvalue weighted by atomic mass is 32.2. The van der Waals surface area contributed by atoms with Gasteiger partial charge in [0.15, 0.2) is 11.0 Å². The lowest BCUT2D eigenvalue weighted by atomic mass is 10.1. The van der Waals surface area contributed by atoms with E-state index in [-0.39, 0.29) is 29.8 Å². The molecule has 1 heterocycles. The minimum atomic E-state index is -0.484. The number of nitro benzene ring substituents is 1. The minimum Gasteiger partial charge on any atom is -0.345 e. The van der Waals surface area contributed by atoms with Gasteiger partial charge in [0.05, 0.1) is 17.2 Å². The number of aryl methyl sites for hydroxylation is 2. The van der Waals surface area contributed by atoms with Gasteiger partial charge in [0, 0.05) is 29.9 Å². The van der Waals surface area contributed by atoms with Crippen LogP contribution in [-0.4, -0.2) is 37.3 Å². The van der Waals surface area contributed by atoms with Crippen molar-refractivity contribution in [3.63, 3.8) is 0 Å². The van der Waals surface area contributed by atoms with Gasteiger partial charge in [-0.25, -0.2) is 0 Å². The van der Waals surface area contributed by atoms with E-state index in [0.29, 0.717) is 34.3 Å². The maximum absolute atomic E-state index is 12.5. The van der Waals surface area contributed by atoms with E-state index in [4.69, 9.17) is 0 Å². The van der Waals surface area contributed by atoms with Crippen LogP contribution in [0.2, 0.25) is 0 Å². The van der Waals surface area contributed by atoms with Crippen molar-refractivity contribution in [2.24, 2.45) is 0 Å². The maximum atomic E-state index is 12.5. The molecule has 3 rings (SSSR count). The second-order valence-corrected chi connectivity index (χ2v) is 8.33. The Morgan fingerprint density at radius 1 is 1.18 bits per heavy atom. The van der Waals surface area contributed by atoms with E-state index in [9.17, 15) is 19.7 Å². The van der Waals surface area contributed by atoms with Crippen molar-refractivity contribution in [3.8, 4) is 0 Å². The first-order chi connectivity index (χ1) is 16.3. The van der Waals surface area contributed by atoms with E-state index >= 15 is 0 Å². The van der Waals surface area contributed by atoms with Gasteiger partial charge in [-0.05, 0) is 37.1 Å². The number of benzene rings is 2. The highest BCUT2D eigenvalue weighted by Gasteiger charge is 2.16. The summed E-state index contributed by atoms with van der Waals surface area (Å²) in [5.41, 5.74) is 2.52. The number of rotatable bonds is 10. The Balaban J connectivity index is 1.62. The summed E-state index contributed by atoms with van der Waals surface area (Å²) in [5, 5.41) is 25.3. The summed E-state index contributed by atoms with van der Waals surface area (Å²) < 4.78 is 1.78. The molecule has 3 aromatic rings. The molecule has 0 spiro atoms. The Hall–Kier alpha value is -3.99. The topological polar surface area (TPSA) is 132 Å². The van der Waals surface area contributed by atoms with Crippen molar-refractivity contribution in [1.29, 1.82) is 0 Å². The zero-order valence-corrected chi connectivity index (χ0v) is 19.6. The molecule has 0 saturated carbocycles. The molecular formula is C23H24N6O4S. The number of hydrogen-bond donors (Lipinski definition) is 2. The van der Waals surface area contributed by atoms with E-state index in [2.05, 4.69) is 27.4 Å². The van der Waals surface area contributed by atoms with E-state index in [0.717, 1.165) is 5.56 Å². The molecule has 1 aromatic heterocycles. The van der Waals surface area contributed by atoms with Gasteiger partial charge in [-0.1, -0.05) is 36.0 Å². The van der Waals surface area contributed by atoms with Crippen LogP contribution in [0.1, 0.15) is 27.3 Å². The summed E-state index contributed by atoms with van der Waals surface area (Å²) >= 11 is 1.19. The van der Waals surface area contributed by atoms with Crippen LogP contribution in [0.15, 0.2) is 60.3 Å². The fourth-order valence-electron chi connectivity index (χ4n) is 3.17. The molecule has 34 heavy (non-hydrogen) atoms. The number of amides is 2. The second-order valence-electron chi connectivity index (χ2n) is 7.39. The van der Waals surface area contributed by atoms with Crippen LogP contribution in [0.25, 0.3) is 0 Å². The molecule has 0 saturated heterocycles. The molecule has 0 bridgehead atoms. The average Bonchev–Trinajstić information content (AvgIpc) is 3.19. The third-order valence-electron chi connectivity index (χ3n) is 4.93. The summed E-state index contributed by atoms with van der Waals surface area (Å²) in [5.74, 6) is 0.0973. The Bertz CT molecular complexity index is 1240. The van der Waals surface area contributed by atoms with E-state index in [1.54, 1.807) is 29.7 Å². The summed E-state index contributed by atoms with van der Waals surface area (Å²) in [6, 6.07) is 11.6. The highest BCUT2D eigenvalue weighted by Crippen LogP contribution is 2.22. The summed E-state index contributed by atoms with van der Waals surface area (Å²) in [6.45, 7) is 7.89. The van der Waals surface area contributed by atoms with Gasteiger partial charge in [0.2, 0.25) is 5.91 Å². The number of carbonyl (C=O) groups excluding carboxylic acids is 2. The number of anilines is 1. The molecule has 0 aliphatic carbocycles. The molecule has 2 amide bonds. The van der Waals surface area contributed by atoms with Crippen molar-refractivity contribution in [3.05, 3.63) is 87.7 Å². The smallest absolute Gasteiger partial charge is 0.269 e. The zero-order valence-electron chi connectivity index (χ0n) is 18.8. The Labute approximate surface area is 200 Å². The minimum absolute atomic E-state index is 0.0375. The Morgan fingerprint density at radius 2 is 1.94 bits per heavy atom. The molecule has 2 N–H and O–H groups in total. The largest absolute Gasteiger partial charge is 0.345 e. The number of nitrogens with one attached hydrogen (secondary N) is 2. The van der Waals surface area contributed by atoms with E-state index in [1.807, 2.05) is 19.1 Å². The average molecular weight is 481 g/mol. The predicted octanol–water partition coefficient (Wildman–Crippen LogP) is 3.65. The molecule has 11 heteroatoms. The maximum Gasteiger partial charge on any atom is 0.269 e. The van der Waals surface area contributed by atoms with Crippen molar-refractivity contribution in [1.82, 2.24) is 20.1 Å². The molecule has 176 valence electrons. The van der Waals surface area contributed by atoms with Crippen LogP contribution >= 0.6 is 11.8 Å². The van der Waals surface area contributed by atoms with Crippen LogP contribution in [0.3, 0.4) is 0 Å². The first kappa shape index (κ1) is 24.6. The fraction of sp³-hybridized carbons (Fsp3) is 0.217. The van der Waals surface area contributed by atoms with Crippen LogP contribution in [-0.2, 0) is 17.9 Å². The number of allylic oxidation sites excluding steroid dienone is 1. The lowest BCUT2D eigenvalue weighted by Gasteiger charge is -2.10. The third-order valence-corrected chi connectivity index (χ3v) is 5.90. The number of thioether (sulfide) groups is 1. The normalized spacial score (nSPS) is 10.5. The van der Waals surface area contributed by atoms with Crippen LogP contribution in [0.4, 0.5) is 11.4 Å². The quantitative estimate of drug-likeness (QED) is 0.196. The van der Waals surface area contributed by atoms with E-state index in [1.165, 1.54) is 30.0 Å². The molecule has 0 aliphatic heterocycles. The number of nitrogens with zero attached hydrogens (tertiary/aromatic N) is 4. The number of carbonyl (C=O) groups is 2. The monoisotopic (exact) mass is 480 g/mol. The molecule has 10 nitrogen and oxygen atoms in total. The van der Waals surface area contributed by atoms with Gasteiger partial charge in [-0.15, -0.1) is 16.8 Å². The summed E-state index contributed by atoms with van der Waals surface area (Å²) in [6.07, 6.45) is 1.68. The second kappa shape index (κ2) is 11.2. The molecule has 0 atom stereocenters. The SMILES string of the molecule is C=CCn1c(CNC(=O)c2ccccc2C)nnc1SCC(=O)Nc1ccc([N+](=O)[O-])cc1C. The van der Waals surface area contributed by atoms with Gasteiger partial charge >= 0.3 is 0 Å². The van der Waals surface area contributed by atoms with Gasteiger partial charge in [-0.2, -0.15) is 0 Å². The lowest BCUT2D eigenvalue weighted by molar-refractivity contribution is -0.384. The van der Waals surface area contributed by atoms with Gasteiger partial charge in [0.25, 0.3) is 11.6 Å². The summed E-state index contributed by atoms with van der Waals surface area (Å²) in [4.78, 5) is 35.3. The molecule has 2 aromatic carbocycles. The van der Waals surface area contributed by atoms with Gasteiger partial charge < -0.3 is 15.2 Å². The van der Waals surface area contributed by atoms with Gasteiger partial charge in [-0.3, -0.25) is 19.7 Å². The Kier molecular flexibility index (Phi) is 8.14. The van der Waals surface area contributed by atoms with Crippen molar-refractivity contribution in [2.45, 2.75) is 32.1 Å². The predicted molar refractivity (Wildman–Crippen MR) is 130 cm³/mol. The fourth-order valence-corrected chi connectivity index (χ4v) is 3.94. The number of hydrogen-bond acceptors (Lipinski definition) is 7. The third kappa shape index (κ3) is 6.07. The first-order valence-corrected chi connectivity index (χ1v) is 11.3. The number of nitro groups is 1. The zero-order chi connectivity index (χ0) is 24.7. The Morgan fingerprint density at radius 3 is 2.62 bits per heavy atom. The number of non-ortho nitro benzene ring substituents is 1. The molecule has 0 unspecified atom stereocenters. The van der Waals surface area contributed by atoms with Gasteiger partial charge in [0.1, 0.15) is 0 Å². The van der Waals surface area contributed by atoms with Crippen molar-refractivity contribution >= 4 is 35.0 Å². The molecule has 0 radical (unpaired) electrons. The standard InChI is InChI=1S/C23H24N6O4S/c1-4-11-28-20(13-24-22(31)18-8-6-5-7-15(18)2)26-27-23(28)34-14-21(30)25-19-10-9-17(29(32)33)12-16(19)3/h4-10,12H,1,11,13-14H2,2-3H3,(H,24,31)(H,25,30). The lowest BCUT2D eigenvalue weighted by Crippen LogP contribution is -2.25. The highest BCUT2D eigenvalue weighted by molar-refractivity contribution is 7.99. The van der Waals surface area contributed by atoms with Crippen LogP contribution in [0.5, 0.6) is 0 Å².